The number of hydrogen-bond acceptors (Lipinski definition) is 3. The fourth-order valence-corrected chi connectivity index (χ4v) is 2.58. The normalized spacial score (nSPS) is 12.6. The molecule has 3 heteroatoms. The van der Waals surface area contributed by atoms with E-state index in [0.29, 0.717) is 18.4 Å². The topological polar surface area (TPSA) is 40.9 Å². The molecule has 104 valence electrons. The van der Waals surface area contributed by atoms with Gasteiger partial charge in [-0.3, -0.25) is 4.79 Å². The van der Waals surface area contributed by atoms with Crippen LogP contribution in [-0.4, -0.2) is 5.78 Å². The molecule has 0 amide bonds. The molecule has 21 heavy (non-hydrogen) atoms. The zero-order valence-electron chi connectivity index (χ0n) is 11.8. The Kier molecular flexibility index (Phi) is 4.93. The van der Waals surface area contributed by atoms with Crippen molar-refractivity contribution in [3.05, 3.63) is 58.3 Å². The van der Waals surface area contributed by atoms with Crippen molar-refractivity contribution in [1.82, 2.24) is 0 Å². The zero-order chi connectivity index (χ0) is 15.1. The fraction of sp³-hybridized carbons (Fsp3) is 0.222. The van der Waals surface area contributed by atoms with Crippen molar-refractivity contribution in [3.63, 3.8) is 0 Å². The van der Waals surface area contributed by atoms with Gasteiger partial charge in [0.15, 0.2) is 5.78 Å². The summed E-state index contributed by atoms with van der Waals surface area (Å²) in [6, 6.07) is 13.2. The second kappa shape index (κ2) is 6.88. The Bertz CT molecular complexity index is 701. The van der Waals surface area contributed by atoms with E-state index >= 15 is 0 Å². The maximum atomic E-state index is 12.7. The van der Waals surface area contributed by atoms with Crippen LogP contribution < -0.4 is 0 Å². The lowest BCUT2D eigenvalue weighted by Gasteiger charge is -2.21. The van der Waals surface area contributed by atoms with Gasteiger partial charge in [-0.05, 0) is 24.8 Å². The Hall–Kier alpha value is -2.36. The van der Waals surface area contributed by atoms with E-state index in [-0.39, 0.29) is 5.78 Å². The molecule has 1 aromatic heterocycles. The third-order valence-electron chi connectivity index (χ3n) is 3.28. The number of thiophene rings is 1. The number of rotatable bonds is 4. The molecule has 2 rings (SSSR count). The van der Waals surface area contributed by atoms with Gasteiger partial charge in [0.05, 0.1) is 11.5 Å². The van der Waals surface area contributed by atoms with Gasteiger partial charge in [-0.1, -0.05) is 42.2 Å². The van der Waals surface area contributed by atoms with Gasteiger partial charge in [0.25, 0.3) is 0 Å². The maximum Gasteiger partial charge on any atom is 0.180 e. The van der Waals surface area contributed by atoms with Gasteiger partial charge in [0, 0.05) is 22.9 Å². The van der Waals surface area contributed by atoms with Crippen LogP contribution in [0.3, 0.4) is 0 Å². The molecule has 0 spiro atoms. The quantitative estimate of drug-likeness (QED) is 0.623. The molecule has 0 aliphatic rings. The van der Waals surface area contributed by atoms with E-state index in [1.807, 2.05) is 41.9 Å². The highest BCUT2D eigenvalue weighted by Gasteiger charge is 2.31. The second-order valence-corrected chi connectivity index (χ2v) is 5.73. The van der Waals surface area contributed by atoms with Crippen LogP contribution in [-0.2, 0) is 0 Å². The lowest BCUT2D eigenvalue weighted by molar-refractivity contribution is 0.0871. The lowest BCUT2D eigenvalue weighted by atomic mass is 9.79. The first-order valence-corrected chi connectivity index (χ1v) is 7.62. The van der Waals surface area contributed by atoms with Crippen LogP contribution >= 0.6 is 11.3 Å². The standard InChI is InChI=1S/C18H15NOS/c1-18(10-5-12-19,11-8-15-9-13-21-14-15)17(20)16-6-3-2-4-7-16/h2-4,6-7,9,13-14H,5,10H2,1H3. The van der Waals surface area contributed by atoms with E-state index < -0.39 is 5.41 Å². The van der Waals surface area contributed by atoms with Gasteiger partial charge in [-0.25, -0.2) is 0 Å². The smallest absolute Gasteiger partial charge is 0.180 e. The van der Waals surface area contributed by atoms with Crippen LogP contribution in [0.4, 0.5) is 0 Å². The molecule has 1 aromatic carbocycles. The molecule has 1 unspecified atom stereocenters. The minimum absolute atomic E-state index is 0.0268. The van der Waals surface area contributed by atoms with Crippen molar-refractivity contribution in [3.8, 4) is 17.9 Å². The summed E-state index contributed by atoms with van der Waals surface area (Å²) in [5, 5.41) is 12.7. The number of ketones is 1. The van der Waals surface area contributed by atoms with Gasteiger partial charge >= 0.3 is 0 Å². The summed E-state index contributed by atoms with van der Waals surface area (Å²) in [4.78, 5) is 12.7. The van der Waals surface area contributed by atoms with Crippen LogP contribution in [0.1, 0.15) is 35.7 Å². The highest BCUT2D eigenvalue weighted by atomic mass is 32.1. The number of Topliss-reactive ketones (excluding diaryl/α,β-unsaturated/α-hetero) is 1. The molecular weight excluding hydrogens is 278 g/mol. The predicted molar refractivity (Wildman–Crippen MR) is 84.9 cm³/mol. The van der Waals surface area contributed by atoms with Crippen molar-refractivity contribution >= 4 is 17.1 Å². The SMILES string of the molecule is CC(C#Cc1ccsc1)(CCC#N)C(=O)c1ccccc1. The zero-order valence-corrected chi connectivity index (χ0v) is 12.6. The van der Waals surface area contributed by atoms with E-state index in [9.17, 15) is 4.79 Å². The third-order valence-corrected chi connectivity index (χ3v) is 3.96. The van der Waals surface area contributed by atoms with Crippen LogP contribution in [0.5, 0.6) is 0 Å². The number of carbonyl (C=O) groups excluding carboxylic acids is 1. The molecule has 0 saturated carbocycles. The molecule has 0 bridgehead atoms. The van der Waals surface area contributed by atoms with Crippen LogP contribution in [0.2, 0.25) is 0 Å². The second-order valence-electron chi connectivity index (χ2n) is 4.95. The molecular formula is C18H15NOS. The predicted octanol–water partition coefficient (Wildman–Crippen LogP) is 4.29. The molecule has 0 saturated heterocycles. The Morgan fingerprint density at radius 3 is 2.67 bits per heavy atom. The molecule has 0 aliphatic heterocycles. The molecule has 1 heterocycles. The van der Waals surface area contributed by atoms with Gasteiger partial charge in [-0.15, -0.1) is 0 Å². The van der Waals surface area contributed by atoms with E-state index in [4.69, 9.17) is 5.26 Å². The number of hydrogen-bond donors (Lipinski definition) is 0. The van der Waals surface area contributed by atoms with E-state index in [1.165, 1.54) is 0 Å². The van der Waals surface area contributed by atoms with E-state index in [2.05, 4.69) is 17.9 Å². The average Bonchev–Trinajstić information content (AvgIpc) is 3.04. The van der Waals surface area contributed by atoms with E-state index in [0.717, 1.165) is 5.56 Å². The maximum absolute atomic E-state index is 12.7. The van der Waals surface area contributed by atoms with Crippen LogP contribution in [0, 0.1) is 28.6 Å². The van der Waals surface area contributed by atoms with Crippen molar-refractivity contribution in [2.75, 3.05) is 0 Å². The highest BCUT2D eigenvalue weighted by Crippen LogP contribution is 2.27. The van der Waals surface area contributed by atoms with E-state index in [1.54, 1.807) is 23.5 Å². The molecule has 1 atom stereocenters. The minimum atomic E-state index is -0.834. The Labute approximate surface area is 129 Å². The molecule has 2 aromatic rings. The summed E-state index contributed by atoms with van der Waals surface area (Å²) in [7, 11) is 0. The summed E-state index contributed by atoms with van der Waals surface area (Å²) >= 11 is 1.57. The van der Waals surface area contributed by atoms with Crippen molar-refractivity contribution in [2.45, 2.75) is 19.8 Å². The van der Waals surface area contributed by atoms with Gasteiger partial charge in [0.2, 0.25) is 0 Å². The van der Waals surface area contributed by atoms with Crippen LogP contribution in [0.15, 0.2) is 47.2 Å². The monoisotopic (exact) mass is 293 g/mol. The van der Waals surface area contributed by atoms with Crippen LogP contribution in [0.25, 0.3) is 0 Å². The molecule has 0 radical (unpaired) electrons. The lowest BCUT2D eigenvalue weighted by Crippen LogP contribution is -2.26. The Balaban J connectivity index is 2.33. The molecule has 0 fully saturated rings. The highest BCUT2D eigenvalue weighted by molar-refractivity contribution is 7.08. The molecule has 0 N–H and O–H groups in total. The number of benzene rings is 1. The average molecular weight is 293 g/mol. The number of nitrogens with zero attached hydrogens (tertiary/aromatic N) is 1. The van der Waals surface area contributed by atoms with Gasteiger partial charge in [-0.2, -0.15) is 16.6 Å². The summed E-state index contributed by atoms with van der Waals surface area (Å²) in [6.07, 6.45) is 0.752. The molecule has 0 aliphatic carbocycles. The molecule has 2 nitrogen and oxygen atoms in total. The fourth-order valence-electron chi connectivity index (χ4n) is 1.99. The van der Waals surface area contributed by atoms with Crippen molar-refractivity contribution in [2.24, 2.45) is 5.41 Å². The Morgan fingerprint density at radius 1 is 1.29 bits per heavy atom. The summed E-state index contributed by atoms with van der Waals surface area (Å²) < 4.78 is 0. The van der Waals surface area contributed by atoms with Gasteiger partial charge in [0.1, 0.15) is 0 Å². The van der Waals surface area contributed by atoms with Crippen molar-refractivity contribution < 1.29 is 4.79 Å². The van der Waals surface area contributed by atoms with Crippen molar-refractivity contribution in [1.29, 1.82) is 5.26 Å². The first-order valence-electron chi connectivity index (χ1n) is 6.68. The first kappa shape index (κ1) is 15.0. The van der Waals surface area contributed by atoms with Gasteiger partial charge < -0.3 is 0 Å². The summed E-state index contributed by atoms with van der Waals surface area (Å²) in [5.74, 6) is 6.12. The first-order chi connectivity index (χ1) is 10.2. The number of nitriles is 1. The third kappa shape index (κ3) is 3.81. The summed E-state index contributed by atoms with van der Waals surface area (Å²) in [6.45, 7) is 1.82. The minimum Gasteiger partial charge on any atom is -0.292 e. The Morgan fingerprint density at radius 2 is 2.05 bits per heavy atom. The number of carbonyl (C=O) groups is 1. The largest absolute Gasteiger partial charge is 0.292 e. The summed E-state index contributed by atoms with van der Waals surface area (Å²) in [5.41, 5.74) is 0.709.